The molecule has 0 aromatic heterocycles. The number of nitrogens with one attached hydrogen (secondary N) is 1. The molecule has 8 heteroatoms. The number of hydrogen-bond donors (Lipinski definition) is 2. The van der Waals surface area contributed by atoms with E-state index in [-0.39, 0.29) is 17.7 Å². The van der Waals surface area contributed by atoms with Gasteiger partial charge in [-0.3, -0.25) is 4.79 Å². The molecule has 0 aliphatic carbocycles. The van der Waals surface area contributed by atoms with Crippen LogP contribution in [0.2, 0.25) is 0 Å². The summed E-state index contributed by atoms with van der Waals surface area (Å²) >= 11 is 0. The Morgan fingerprint density at radius 3 is 2.57 bits per heavy atom. The molecule has 3 N–H and O–H groups in total. The van der Waals surface area contributed by atoms with Crippen LogP contribution in [0.4, 0.5) is 8.78 Å². The van der Waals surface area contributed by atoms with Gasteiger partial charge < -0.3 is 5.32 Å². The van der Waals surface area contributed by atoms with Crippen LogP contribution in [0.1, 0.15) is 21.5 Å². The maximum absolute atomic E-state index is 13.5. The van der Waals surface area contributed by atoms with E-state index in [2.05, 4.69) is 5.32 Å². The van der Waals surface area contributed by atoms with Gasteiger partial charge in [-0.2, -0.15) is 0 Å². The van der Waals surface area contributed by atoms with Crippen LogP contribution < -0.4 is 10.5 Å². The highest BCUT2D eigenvalue weighted by Gasteiger charge is 2.11. The number of halogens is 2. The lowest BCUT2D eigenvalue weighted by Gasteiger charge is -2.08. The van der Waals surface area contributed by atoms with Crippen molar-refractivity contribution in [1.29, 1.82) is 0 Å². The summed E-state index contributed by atoms with van der Waals surface area (Å²) in [6, 6.07) is 8.84. The fourth-order valence-corrected chi connectivity index (χ4v) is 2.64. The summed E-state index contributed by atoms with van der Waals surface area (Å²) in [5.74, 6) is -2.17. The fraction of sp³-hybridized carbons (Fsp3) is 0.133. The number of sulfonamides is 1. The van der Waals surface area contributed by atoms with Crippen molar-refractivity contribution in [3.63, 3.8) is 0 Å². The van der Waals surface area contributed by atoms with Gasteiger partial charge in [0.25, 0.3) is 5.91 Å². The van der Waals surface area contributed by atoms with E-state index in [1.807, 2.05) is 0 Å². The van der Waals surface area contributed by atoms with Crippen LogP contribution in [0.5, 0.6) is 0 Å². The van der Waals surface area contributed by atoms with Crippen LogP contribution in [0.3, 0.4) is 0 Å². The summed E-state index contributed by atoms with van der Waals surface area (Å²) in [5.41, 5.74) is 0.569. The molecule has 0 radical (unpaired) electrons. The van der Waals surface area contributed by atoms with E-state index in [4.69, 9.17) is 5.14 Å². The van der Waals surface area contributed by atoms with Gasteiger partial charge in [-0.1, -0.05) is 12.1 Å². The smallest absolute Gasteiger partial charge is 0.251 e. The molecule has 1 amide bonds. The number of carbonyl (C=O) groups excluding carboxylic acids is 1. The molecular weight excluding hydrogens is 326 g/mol. The highest BCUT2D eigenvalue weighted by Crippen LogP contribution is 2.11. The highest BCUT2D eigenvalue weighted by atomic mass is 32.2. The van der Waals surface area contributed by atoms with Crippen LogP contribution >= 0.6 is 0 Å². The molecule has 122 valence electrons. The molecule has 5 nitrogen and oxygen atoms in total. The van der Waals surface area contributed by atoms with Gasteiger partial charge in [0, 0.05) is 17.7 Å². The number of hydrogen-bond acceptors (Lipinski definition) is 3. The van der Waals surface area contributed by atoms with Crippen molar-refractivity contribution >= 4 is 15.9 Å². The Hall–Kier alpha value is -2.32. The molecule has 23 heavy (non-hydrogen) atoms. The van der Waals surface area contributed by atoms with Crippen molar-refractivity contribution in [2.45, 2.75) is 12.3 Å². The normalized spacial score (nSPS) is 11.3. The van der Waals surface area contributed by atoms with Crippen molar-refractivity contribution in [2.75, 3.05) is 0 Å². The van der Waals surface area contributed by atoms with Crippen LogP contribution in [0.15, 0.2) is 42.5 Å². The molecule has 0 saturated heterocycles. The summed E-state index contributed by atoms with van der Waals surface area (Å²) in [6.07, 6.45) is 0. The lowest BCUT2D eigenvalue weighted by molar-refractivity contribution is 0.0950. The Morgan fingerprint density at radius 2 is 1.87 bits per heavy atom. The minimum Gasteiger partial charge on any atom is -0.348 e. The maximum Gasteiger partial charge on any atom is 0.251 e. The van der Waals surface area contributed by atoms with Gasteiger partial charge in [-0.05, 0) is 35.9 Å². The molecule has 2 rings (SSSR count). The first-order chi connectivity index (χ1) is 10.7. The van der Waals surface area contributed by atoms with Gasteiger partial charge in [0.15, 0.2) is 0 Å². The van der Waals surface area contributed by atoms with Crippen molar-refractivity contribution in [1.82, 2.24) is 5.32 Å². The molecule has 2 aromatic carbocycles. The Morgan fingerprint density at radius 1 is 1.13 bits per heavy atom. The molecule has 0 bridgehead atoms. The molecule has 0 heterocycles. The number of carbonyl (C=O) groups is 1. The van der Waals surface area contributed by atoms with Gasteiger partial charge in [0.1, 0.15) is 11.6 Å². The van der Waals surface area contributed by atoms with E-state index in [0.29, 0.717) is 5.56 Å². The van der Waals surface area contributed by atoms with Crippen LogP contribution in [-0.2, 0) is 22.3 Å². The Balaban J connectivity index is 2.09. The Labute approximate surface area is 132 Å². The van der Waals surface area contributed by atoms with Crippen molar-refractivity contribution < 1.29 is 22.0 Å². The van der Waals surface area contributed by atoms with Gasteiger partial charge >= 0.3 is 0 Å². The molecule has 0 atom stereocenters. The largest absolute Gasteiger partial charge is 0.348 e. The van der Waals surface area contributed by atoms with Gasteiger partial charge in [0.05, 0.1) is 5.75 Å². The number of rotatable bonds is 5. The minimum absolute atomic E-state index is 0.0130. The van der Waals surface area contributed by atoms with Crippen molar-refractivity contribution in [3.05, 3.63) is 70.8 Å². The number of amides is 1. The quantitative estimate of drug-likeness (QED) is 0.868. The Kier molecular flexibility index (Phi) is 5.07. The van der Waals surface area contributed by atoms with Crippen molar-refractivity contribution in [3.8, 4) is 0 Å². The van der Waals surface area contributed by atoms with E-state index < -0.39 is 33.3 Å². The first-order valence-corrected chi connectivity index (χ1v) is 8.28. The number of benzene rings is 2. The molecule has 0 fully saturated rings. The number of nitrogens with two attached hydrogens (primary N) is 1. The second kappa shape index (κ2) is 6.84. The zero-order chi connectivity index (χ0) is 17.0. The topological polar surface area (TPSA) is 89.3 Å². The molecule has 0 aliphatic heterocycles. The second-order valence-electron chi connectivity index (χ2n) is 4.93. The molecule has 0 aliphatic rings. The Bertz CT molecular complexity index is 838. The zero-order valence-corrected chi connectivity index (χ0v) is 12.7. The molecule has 2 aromatic rings. The summed E-state index contributed by atoms with van der Waals surface area (Å²) in [7, 11) is -3.71. The first kappa shape index (κ1) is 17.0. The molecule has 0 unspecified atom stereocenters. The molecular formula is C15H14F2N2O3S. The number of primary sulfonamides is 1. The van der Waals surface area contributed by atoms with Crippen LogP contribution in [0.25, 0.3) is 0 Å². The lowest BCUT2D eigenvalue weighted by Crippen LogP contribution is -2.23. The standard InChI is InChI=1S/C15H14F2N2O3S/c16-13-4-5-14(17)12(7-13)8-19-15(20)11-3-1-2-10(6-11)9-23(18,21)22/h1-7H,8-9H2,(H,19,20)(H2,18,21,22). The summed E-state index contributed by atoms with van der Waals surface area (Å²) in [5, 5.41) is 7.40. The predicted octanol–water partition coefficient (Wildman–Crippen LogP) is 1.68. The summed E-state index contributed by atoms with van der Waals surface area (Å²) in [4.78, 5) is 12.0. The molecule has 0 saturated carbocycles. The van der Waals surface area contributed by atoms with Crippen LogP contribution in [0, 0.1) is 11.6 Å². The fourth-order valence-electron chi connectivity index (χ4n) is 1.99. The molecule has 0 spiro atoms. The highest BCUT2D eigenvalue weighted by molar-refractivity contribution is 7.88. The van der Waals surface area contributed by atoms with E-state index in [1.165, 1.54) is 24.3 Å². The van der Waals surface area contributed by atoms with Gasteiger partial charge in [0.2, 0.25) is 10.0 Å². The second-order valence-corrected chi connectivity index (χ2v) is 6.54. The van der Waals surface area contributed by atoms with Gasteiger partial charge in [-0.25, -0.2) is 22.3 Å². The van der Waals surface area contributed by atoms with E-state index >= 15 is 0 Å². The average molecular weight is 340 g/mol. The lowest BCUT2D eigenvalue weighted by atomic mass is 10.1. The minimum atomic E-state index is -3.71. The van der Waals surface area contributed by atoms with E-state index in [0.717, 1.165) is 18.2 Å². The van der Waals surface area contributed by atoms with E-state index in [9.17, 15) is 22.0 Å². The van der Waals surface area contributed by atoms with Gasteiger partial charge in [-0.15, -0.1) is 0 Å². The third-order valence-corrected chi connectivity index (χ3v) is 3.74. The zero-order valence-electron chi connectivity index (χ0n) is 11.9. The summed E-state index contributed by atoms with van der Waals surface area (Å²) in [6.45, 7) is -0.193. The van der Waals surface area contributed by atoms with Crippen LogP contribution in [-0.4, -0.2) is 14.3 Å². The summed E-state index contributed by atoms with van der Waals surface area (Å²) < 4.78 is 48.7. The van der Waals surface area contributed by atoms with Crippen molar-refractivity contribution in [2.24, 2.45) is 5.14 Å². The SMILES string of the molecule is NS(=O)(=O)Cc1cccc(C(=O)NCc2cc(F)ccc2F)c1. The first-order valence-electron chi connectivity index (χ1n) is 6.56. The third-order valence-electron chi connectivity index (χ3n) is 3.00. The monoisotopic (exact) mass is 340 g/mol. The average Bonchev–Trinajstić information content (AvgIpc) is 2.46. The van der Waals surface area contributed by atoms with E-state index in [1.54, 1.807) is 0 Å². The predicted molar refractivity (Wildman–Crippen MR) is 80.8 cm³/mol. The maximum atomic E-state index is 13.5. The third kappa shape index (κ3) is 5.11.